The summed E-state index contributed by atoms with van der Waals surface area (Å²) in [5.74, 6) is 0. The van der Waals surface area contributed by atoms with E-state index in [1.165, 1.54) is 0 Å². The molecular weight excluding hydrogens is 218 g/mol. The van der Waals surface area contributed by atoms with E-state index in [9.17, 15) is 0 Å². The molecule has 0 aromatic carbocycles. The van der Waals surface area contributed by atoms with Crippen molar-refractivity contribution in [1.29, 1.82) is 0 Å². The Morgan fingerprint density at radius 2 is 2.67 bits per heavy atom. The molecule has 66 valence electrons. The summed E-state index contributed by atoms with van der Waals surface area (Å²) in [7, 11) is 0. The number of hydrogen-bond acceptors (Lipinski definition) is 2. The van der Waals surface area contributed by atoms with Gasteiger partial charge in [0.25, 0.3) is 0 Å². The van der Waals surface area contributed by atoms with Crippen molar-refractivity contribution in [2.24, 2.45) is 0 Å². The van der Waals surface area contributed by atoms with Crippen LogP contribution in [0.2, 0.25) is 0 Å². The van der Waals surface area contributed by atoms with Crippen molar-refractivity contribution in [3.8, 4) is 0 Å². The smallest absolute Gasteiger partial charge is 0.0518 e. The Kier molecular flexibility index (Phi) is 3.49. The van der Waals surface area contributed by atoms with E-state index in [2.05, 4.69) is 44.9 Å². The topological polar surface area (TPSA) is 40.7 Å². The van der Waals surface area contributed by atoms with Crippen molar-refractivity contribution >= 4 is 15.9 Å². The lowest BCUT2D eigenvalue weighted by atomic mass is 10.2. The second-order valence-corrected chi connectivity index (χ2v) is 3.75. The number of aromatic amines is 1. The summed E-state index contributed by atoms with van der Waals surface area (Å²) in [6.07, 6.45) is 1.75. The maximum atomic E-state index is 3.87. The highest BCUT2D eigenvalue weighted by atomic mass is 79.9. The minimum atomic E-state index is 0.279. The monoisotopic (exact) mass is 229 g/mol. The molecule has 1 aromatic rings. The zero-order valence-corrected chi connectivity index (χ0v) is 8.56. The zero-order valence-electron chi connectivity index (χ0n) is 6.97. The fraction of sp³-hybridized carbons (Fsp3) is 0.375. The number of nitrogens with one attached hydrogen (secondary N) is 2. The maximum Gasteiger partial charge on any atom is 0.0518 e. The van der Waals surface area contributed by atoms with Gasteiger partial charge in [0.2, 0.25) is 0 Å². The minimum Gasteiger partial charge on any atom is -0.304 e. The van der Waals surface area contributed by atoms with E-state index in [4.69, 9.17) is 0 Å². The summed E-state index contributed by atoms with van der Waals surface area (Å²) in [4.78, 5) is 0. The van der Waals surface area contributed by atoms with Gasteiger partial charge in [-0.3, -0.25) is 5.10 Å². The van der Waals surface area contributed by atoms with Gasteiger partial charge in [-0.1, -0.05) is 22.5 Å². The van der Waals surface area contributed by atoms with Crippen LogP contribution in [0.25, 0.3) is 0 Å². The molecule has 2 N–H and O–H groups in total. The number of rotatable bonds is 4. The SMILES string of the molecule is C=C(Br)CNC(C)c1ccn[nH]1. The molecule has 4 heteroatoms. The summed E-state index contributed by atoms with van der Waals surface area (Å²) < 4.78 is 0.953. The molecule has 12 heavy (non-hydrogen) atoms. The van der Waals surface area contributed by atoms with Crippen molar-refractivity contribution in [2.75, 3.05) is 6.54 Å². The van der Waals surface area contributed by atoms with Crippen LogP contribution in [0, 0.1) is 0 Å². The van der Waals surface area contributed by atoms with Gasteiger partial charge in [-0.05, 0) is 13.0 Å². The summed E-state index contributed by atoms with van der Waals surface area (Å²) in [6.45, 7) is 6.57. The largest absolute Gasteiger partial charge is 0.304 e. The predicted molar refractivity (Wildman–Crippen MR) is 53.1 cm³/mol. The first-order valence-corrected chi connectivity index (χ1v) is 4.55. The van der Waals surface area contributed by atoms with Crippen molar-refractivity contribution < 1.29 is 0 Å². The second kappa shape index (κ2) is 4.42. The van der Waals surface area contributed by atoms with Crippen molar-refractivity contribution in [2.45, 2.75) is 13.0 Å². The molecule has 1 rings (SSSR count). The normalized spacial score (nSPS) is 12.8. The third kappa shape index (κ3) is 2.79. The highest BCUT2D eigenvalue weighted by Gasteiger charge is 2.04. The Morgan fingerprint density at radius 3 is 3.17 bits per heavy atom. The lowest BCUT2D eigenvalue weighted by Crippen LogP contribution is -2.19. The molecular formula is C8H12BrN3. The molecule has 0 saturated carbocycles. The van der Waals surface area contributed by atoms with E-state index in [0.29, 0.717) is 0 Å². The standard InChI is InChI=1S/C8H12BrN3/c1-6(9)5-10-7(2)8-3-4-11-12-8/h3-4,7,10H,1,5H2,2H3,(H,11,12). The third-order valence-corrected chi connectivity index (χ3v) is 1.87. The number of aromatic nitrogens is 2. The first kappa shape index (κ1) is 9.48. The molecule has 1 aromatic heterocycles. The lowest BCUT2D eigenvalue weighted by Gasteiger charge is -2.10. The Hall–Kier alpha value is -0.610. The predicted octanol–water partition coefficient (Wildman–Crippen LogP) is 1.97. The molecule has 0 aliphatic carbocycles. The number of H-pyrrole nitrogens is 1. The van der Waals surface area contributed by atoms with Crippen LogP contribution in [0.1, 0.15) is 18.7 Å². The van der Waals surface area contributed by atoms with Crippen LogP contribution in [0.3, 0.4) is 0 Å². The summed E-state index contributed by atoms with van der Waals surface area (Å²) in [5.41, 5.74) is 1.09. The molecule has 3 nitrogen and oxygen atoms in total. The summed E-state index contributed by atoms with van der Waals surface area (Å²) >= 11 is 3.28. The van der Waals surface area contributed by atoms with Crippen LogP contribution in [0.15, 0.2) is 23.3 Å². The van der Waals surface area contributed by atoms with Crippen molar-refractivity contribution in [1.82, 2.24) is 15.5 Å². The van der Waals surface area contributed by atoms with Crippen LogP contribution in [0.5, 0.6) is 0 Å². The van der Waals surface area contributed by atoms with Gasteiger partial charge in [0.1, 0.15) is 0 Å². The number of hydrogen-bond donors (Lipinski definition) is 2. The van der Waals surface area contributed by atoms with Crippen molar-refractivity contribution in [3.63, 3.8) is 0 Å². The van der Waals surface area contributed by atoms with Gasteiger partial charge in [-0.15, -0.1) is 0 Å². The molecule has 0 bridgehead atoms. The Morgan fingerprint density at radius 1 is 1.92 bits per heavy atom. The molecule has 0 aliphatic rings. The molecule has 1 heterocycles. The zero-order chi connectivity index (χ0) is 8.97. The van der Waals surface area contributed by atoms with Crippen LogP contribution in [-0.2, 0) is 0 Å². The lowest BCUT2D eigenvalue weighted by molar-refractivity contribution is 0.598. The van der Waals surface area contributed by atoms with Crippen molar-refractivity contribution in [3.05, 3.63) is 29.0 Å². The Balaban J connectivity index is 2.39. The molecule has 0 saturated heterocycles. The quantitative estimate of drug-likeness (QED) is 0.830. The van der Waals surface area contributed by atoms with Gasteiger partial charge in [0.05, 0.1) is 5.69 Å². The van der Waals surface area contributed by atoms with E-state index in [1.807, 2.05) is 6.07 Å². The van der Waals surface area contributed by atoms with Gasteiger partial charge in [-0.25, -0.2) is 0 Å². The summed E-state index contributed by atoms with van der Waals surface area (Å²) in [6, 6.07) is 2.23. The van der Waals surface area contributed by atoms with Crippen LogP contribution < -0.4 is 5.32 Å². The van der Waals surface area contributed by atoms with Gasteiger partial charge in [0.15, 0.2) is 0 Å². The fourth-order valence-electron chi connectivity index (χ4n) is 0.882. The first-order chi connectivity index (χ1) is 5.70. The van der Waals surface area contributed by atoms with E-state index >= 15 is 0 Å². The highest BCUT2D eigenvalue weighted by molar-refractivity contribution is 9.11. The Labute approximate surface area is 80.4 Å². The number of nitrogens with zero attached hydrogens (tertiary/aromatic N) is 1. The molecule has 0 amide bonds. The Bertz CT molecular complexity index is 243. The maximum absolute atomic E-state index is 3.87. The first-order valence-electron chi connectivity index (χ1n) is 3.76. The third-order valence-electron chi connectivity index (χ3n) is 1.59. The fourth-order valence-corrected chi connectivity index (χ4v) is 1.04. The van der Waals surface area contributed by atoms with Gasteiger partial charge in [-0.2, -0.15) is 5.10 Å². The molecule has 0 fully saturated rings. The van der Waals surface area contributed by atoms with E-state index in [0.717, 1.165) is 16.7 Å². The highest BCUT2D eigenvalue weighted by Crippen LogP contribution is 2.08. The average molecular weight is 230 g/mol. The molecule has 0 aliphatic heterocycles. The van der Waals surface area contributed by atoms with Crippen LogP contribution in [0.4, 0.5) is 0 Å². The molecule has 0 radical (unpaired) electrons. The van der Waals surface area contributed by atoms with E-state index < -0.39 is 0 Å². The average Bonchev–Trinajstić information content (AvgIpc) is 2.51. The summed E-state index contributed by atoms with van der Waals surface area (Å²) in [5, 5.41) is 10.0. The molecule has 1 unspecified atom stereocenters. The molecule has 0 spiro atoms. The van der Waals surface area contributed by atoms with E-state index in [-0.39, 0.29) is 6.04 Å². The van der Waals surface area contributed by atoms with Gasteiger partial charge in [0, 0.05) is 23.3 Å². The van der Waals surface area contributed by atoms with E-state index in [1.54, 1.807) is 6.20 Å². The van der Waals surface area contributed by atoms with Crippen LogP contribution >= 0.6 is 15.9 Å². The van der Waals surface area contributed by atoms with Gasteiger partial charge >= 0.3 is 0 Å². The van der Waals surface area contributed by atoms with Crippen LogP contribution in [-0.4, -0.2) is 16.7 Å². The minimum absolute atomic E-state index is 0.279. The second-order valence-electron chi connectivity index (χ2n) is 2.63. The van der Waals surface area contributed by atoms with Gasteiger partial charge < -0.3 is 5.32 Å². The molecule has 1 atom stereocenters. The number of halogens is 1.